The fraction of sp³-hybridized carbons (Fsp3) is 0.824. The molecule has 16 heteroatoms. The quantitative estimate of drug-likeness (QED) is 0.0311. The lowest BCUT2D eigenvalue weighted by Crippen LogP contribution is -2.48. The molecule has 0 aromatic rings. The monoisotopic (exact) mass is 732 g/mol. The molecule has 15 nitrogen and oxygen atoms in total. The molecular weight excluding hydrogens is 664 g/mol. The summed E-state index contributed by atoms with van der Waals surface area (Å²) in [6.45, 7) is 0.979. The molecule has 0 rings (SSSR count). The van der Waals surface area contributed by atoms with Gasteiger partial charge in [-0.3, -0.25) is 28.8 Å². The Balaban J connectivity index is 0. The van der Waals surface area contributed by atoms with Gasteiger partial charge in [-0.25, -0.2) is 0 Å². The molecule has 15 N–H and O–H groups in total. The molecule has 0 saturated carbocycles. The molecule has 0 heterocycles. The van der Waals surface area contributed by atoms with Gasteiger partial charge in [0.05, 0.1) is 30.7 Å². The Morgan fingerprint density at radius 3 is 1.30 bits per heavy atom. The SMILES string of the molecule is C.NCCCC[C@H](CC(=O)[C@H](CCCCN)NC(=O)[C@H](CCCCN)CC(=O)[C@H](CCCCN)NC(=O)[C@H](CO)CC(=O)[C@@H](N)CS)C(N)=O. The molecule has 0 aliphatic heterocycles. The molecule has 0 aromatic carbocycles. The van der Waals surface area contributed by atoms with E-state index in [1.165, 1.54) is 0 Å². The van der Waals surface area contributed by atoms with Crippen LogP contribution in [0.5, 0.6) is 0 Å². The molecule has 0 aromatic heterocycles. The Labute approximate surface area is 304 Å². The fourth-order valence-electron chi connectivity index (χ4n) is 5.44. The molecule has 0 aliphatic carbocycles. The zero-order valence-electron chi connectivity index (χ0n) is 29.1. The van der Waals surface area contributed by atoms with Crippen LogP contribution in [0.25, 0.3) is 0 Å². The van der Waals surface area contributed by atoms with Gasteiger partial charge in [-0.2, -0.15) is 12.6 Å². The van der Waals surface area contributed by atoms with E-state index in [1.807, 2.05) is 0 Å². The van der Waals surface area contributed by atoms with Crippen molar-refractivity contribution in [3.05, 3.63) is 0 Å². The number of amides is 3. The maximum absolute atomic E-state index is 13.8. The van der Waals surface area contributed by atoms with E-state index >= 15 is 0 Å². The number of nitrogens with one attached hydrogen (secondary N) is 2. The minimum atomic E-state index is -1.12. The van der Waals surface area contributed by atoms with Crippen LogP contribution in [-0.4, -0.2) is 96.8 Å². The molecule has 0 aliphatic rings. The zero-order valence-corrected chi connectivity index (χ0v) is 30.0. The van der Waals surface area contributed by atoms with Crippen LogP contribution < -0.4 is 45.0 Å². The molecule has 292 valence electrons. The van der Waals surface area contributed by atoms with Gasteiger partial charge in [0.25, 0.3) is 0 Å². The van der Waals surface area contributed by atoms with Crippen LogP contribution in [-0.2, 0) is 28.8 Å². The lowest BCUT2D eigenvalue weighted by Gasteiger charge is -2.25. The number of carbonyl (C=O) groups is 6. The highest BCUT2D eigenvalue weighted by Gasteiger charge is 2.33. The summed E-state index contributed by atoms with van der Waals surface area (Å²) in [5, 5.41) is 15.4. The number of thiol groups is 1. The van der Waals surface area contributed by atoms with Gasteiger partial charge in [0.2, 0.25) is 17.7 Å². The zero-order chi connectivity index (χ0) is 37.2. The standard InChI is InChI=1S/C33H64N8O7S.CH4/c34-13-5-1-9-22(31(39)46)17-29(44)26(11-3-7-15-36)40-32(47)23(10-2-6-14-35)18-30(45)27(12-4-8-16-37)41-33(48)24(20-42)19-28(43)25(38)21-49;/h22-27,42,49H,1-21,34-38H2,(H2,39,46)(H,40,47)(H,41,48);1H4/t22-,23-,24+,25+,26+,27+;/m1./s1. The lowest BCUT2D eigenvalue weighted by atomic mass is 9.89. The lowest BCUT2D eigenvalue weighted by molar-refractivity contribution is -0.136. The Kier molecular flexibility index (Phi) is 30.0. The van der Waals surface area contributed by atoms with E-state index in [-0.39, 0.29) is 44.6 Å². The highest BCUT2D eigenvalue weighted by Crippen LogP contribution is 2.20. The number of aliphatic hydroxyl groups excluding tert-OH is 1. The number of unbranched alkanes of at least 4 members (excludes halogenated alkanes) is 4. The number of carbonyl (C=O) groups excluding carboxylic acids is 6. The summed E-state index contributed by atoms with van der Waals surface area (Å²) in [6, 6.07) is -2.81. The van der Waals surface area contributed by atoms with Crippen molar-refractivity contribution in [2.45, 2.75) is 122 Å². The van der Waals surface area contributed by atoms with Crippen molar-refractivity contribution in [3.8, 4) is 0 Å². The smallest absolute Gasteiger partial charge is 0.226 e. The molecule has 50 heavy (non-hydrogen) atoms. The second-order valence-corrected chi connectivity index (χ2v) is 13.1. The number of aliphatic hydroxyl groups is 1. The summed E-state index contributed by atoms with van der Waals surface area (Å²) < 4.78 is 0. The van der Waals surface area contributed by atoms with E-state index in [2.05, 4.69) is 23.3 Å². The third-order valence-corrected chi connectivity index (χ3v) is 9.03. The van der Waals surface area contributed by atoms with Gasteiger partial charge in [-0.1, -0.05) is 20.3 Å². The summed E-state index contributed by atoms with van der Waals surface area (Å²) in [5.41, 5.74) is 33.9. The van der Waals surface area contributed by atoms with Gasteiger partial charge in [-0.05, 0) is 90.4 Å². The van der Waals surface area contributed by atoms with Crippen molar-refractivity contribution >= 4 is 47.7 Å². The second-order valence-electron chi connectivity index (χ2n) is 12.7. The number of nitrogens with two attached hydrogens (primary N) is 6. The summed E-state index contributed by atoms with van der Waals surface area (Å²) in [4.78, 5) is 78.5. The van der Waals surface area contributed by atoms with Gasteiger partial charge in [0.15, 0.2) is 17.3 Å². The van der Waals surface area contributed by atoms with Crippen molar-refractivity contribution in [2.75, 3.05) is 38.5 Å². The first-order chi connectivity index (χ1) is 23.4. The average molecular weight is 733 g/mol. The molecule has 0 unspecified atom stereocenters. The van der Waals surface area contributed by atoms with Crippen molar-refractivity contribution in [1.82, 2.24) is 10.6 Å². The van der Waals surface area contributed by atoms with Gasteiger partial charge in [-0.15, -0.1) is 0 Å². The first-order valence-corrected chi connectivity index (χ1v) is 18.3. The minimum Gasteiger partial charge on any atom is -0.396 e. The number of primary amides is 1. The van der Waals surface area contributed by atoms with Crippen LogP contribution in [0.1, 0.15) is 104 Å². The normalized spacial score (nSPS) is 14.7. The molecule has 0 spiro atoms. The molecule has 0 bridgehead atoms. The van der Waals surface area contributed by atoms with Crippen molar-refractivity contribution in [2.24, 2.45) is 52.2 Å². The van der Waals surface area contributed by atoms with Gasteiger partial charge < -0.3 is 50.1 Å². The molecule has 0 saturated heterocycles. The van der Waals surface area contributed by atoms with E-state index in [1.54, 1.807) is 0 Å². The Morgan fingerprint density at radius 2 is 0.920 bits per heavy atom. The largest absolute Gasteiger partial charge is 0.396 e. The molecule has 0 fully saturated rings. The number of ketones is 3. The van der Waals surface area contributed by atoms with Gasteiger partial charge >= 0.3 is 0 Å². The summed E-state index contributed by atoms with van der Waals surface area (Å²) in [6.07, 6.45) is 5.31. The molecule has 6 atom stereocenters. The third-order valence-electron chi connectivity index (χ3n) is 8.63. The molecular formula is C34H68N8O7S. The number of rotatable bonds is 32. The predicted octanol–water partition coefficient (Wildman–Crippen LogP) is -0.431. The van der Waals surface area contributed by atoms with E-state index in [0.717, 1.165) is 0 Å². The third kappa shape index (κ3) is 21.0. The maximum atomic E-state index is 13.8. The first-order valence-electron chi connectivity index (χ1n) is 17.7. The van der Waals surface area contributed by atoms with E-state index in [0.29, 0.717) is 96.8 Å². The molecule has 3 amide bonds. The second kappa shape index (κ2) is 30.2. The Hall–Kier alpha value is -2.47. The highest BCUT2D eigenvalue weighted by molar-refractivity contribution is 7.80. The fourth-order valence-corrected chi connectivity index (χ4v) is 5.64. The van der Waals surface area contributed by atoms with E-state index < -0.39 is 71.8 Å². The first kappa shape index (κ1) is 49.6. The summed E-state index contributed by atoms with van der Waals surface area (Å²) in [5.74, 6) is -5.53. The van der Waals surface area contributed by atoms with Crippen LogP contribution in [0.3, 0.4) is 0 Å². The number of Topliss-reactive ketones (excluding diaryl/α,β-unsaturated/α-hetero) is 3. The summed E-state index contributed by atoms with van der Waals surface area (Å²) in [7, 11) is 0. The number of hydrogen-bond acceptors (Lipinski definition) is 13. The Morgan fingerprint density at radius 1 is 0.560 bits per heavy atom. The Bertz CT molecular complexity index is 1010. The summed E-state index contributed by atoms with van der Waals surface area (Å²) >= 11 is 4.01. The molecule has 0 radical (unpaired) electrons. The van der Waals surface area contributed by atoms with Gasteiger partial charge in [0, 0.05) is 36.9 Å². The van der Waals surface area contributed by atoms with Crippen LogP contribution in [0.15, 0.2) is 0 Å². The van der Waals surface area contributed by atoms with Crippen LogP contribution >= 0.6 is 12.6 Å². The van der Waals surface area contributed by atoms with Crippen LogP contribution in [0.4, 0.5) is 0 Å². The number of hydrogen-bond donors (Lipinski definition) is 10. The van der Waals surface area contributed by atoms with Gasteiger partial charge in [0.1, 0.15) is 0 Å². The van der Waals surface area contributed by atoms with Crippen molar-refractivity contribution in [1.29, 1.82) is 0 Å². The van der Waals surface area contributed by atoms with Crippen LogP contribution in [0, 0.1) is 17.8 Å². The van der Waals surface area contributed by atoms with E-state index in [9.17, 15) is 33.9 Å². The van der Waals surface area contributed by atoms with Crippen molar-refractivity contribution < 1.29 is 33.9 Å². The van der Waals surface area contributed by atoms with Crippen LogP contribution in [0.2, 0.25) is 0 Å². The minimum absolute atomic E-state index is 0. The highest BCUT2D eigenvalue weighted by atomic mass is 32.1. The van der Waals surface area contributed by atoms with E-state index in [4.69, 9.17) is 34.4 Å². The van der Waals surface area contributed by atoms with Crippen molar-refractivity contribution in [3.63, 3.8) is 0 Å². The maximum Gasteiger partial charge on any atom is 0.226 e. The predicted molar refractivity (Wildman–Crippen MR) is 200 cm³/mol. The average Bonchev–Trinajstić information content (AvgIpc) is 3.08. The topological polar surface area (TPSA) is 303 Å².